The molecule has 0 fully saturated rings. The average Bonchev–Trinajstić information content (AvgIpc) is 2.70. The largest absolute Gasteiger partial charge is 0.480 e. The highest BCUT2D eigenvalue weighted by Gasteiger charge is 2.13. The maximum atomic E-state index is 10.4. The van der Waals surface area contributed by atoms with Gasteiger partial charge >= 0.3 is 5.97 Å². The minimum Gasteiger partial charge on any atom is -0.480 e. The number of hydrogen-bond donors (Lipinski definition) is 1. The summed E-state index contributed by atoms with van der Waals surface area (Å²) >= 11 is 1.15. The zero-order chi connectivity index (χ0) is 9.97. The van der Waals surface area contributed by atoms with Crippen LogP contribution in [0.2, 0.25) is 0 Å². The summed E-state index contributed by atoms with van der Waals surface area (Å²) in [5.74, 6) is -0.706. The number of hydrogen-bond acceptors (Lipinski definition) is 7. The van der Waals surface area contributed by atoms with E-state index in [9.17, 15) is 4.79 Å². The van der Waals surface area contributed by atoms with Crippen molar-refractivity contribution in [1.82, 2.24) is 29.8 Å². The minimum absolute atomic E-state index is 0.292. The van der Waals surface area contributed by atoms with Crippen LogP contribution >= 0.6 is 11.5 Å². The van der Waals surface area contributed by atoms with Gasteiger partial charge in [0.15, 0.2) is 0 Å². The summed E-state index contributed by atoms with van der Waals surface area (Å²) in [5, 5.41) is 24.5. The molecule has 0 atom stereocenters. The summed E-state index contributed by atoms with van der Waals surface area (Å²) in [7, 11) is 0. The second-order valence-corrected chi connectivity index (χ2v) is 2.95. The van der Waals surface area contributed by atoms with E-state index in [4.69, 9.17) is 5.11 Å². The first-order chi connectivity index (χ1) is 6.77. The number of carbonyl (C=O) groups is 1. The van der Waals surface area contributed by atoms with Crippen molar-refractivity contribution in [2.24, 2.45) is 0 Å². The number of aliphatic carboxylic acids is 1. The Morgan fingerprint density at radius 3 is 3.07 bits per heavy atom. The second-order valence-electron chi connectivity index (χ2n) is 2.34. The second kappa shape index (κ2) is 3.46. The summed E-state index contributed by atoms with van der Waals surface area (Å²) in [5.41, 5.74) is 0.473. The van der Waals surface area contributed by atoms with Gasteiger partial charge in [-0.1, -0.05) is 4.49 Å². The van der Waals surface area contributed by atoms with Crippen LogP contribution < -0.4 is 0 Å². The van der Waals surface area contributed by atoms with Crippen LogP contribution in [0.15, 0.2) is 5.38 Å². The Morgan fingerprint density at radius 2 is 2.43 bits per heavy atom. The molecule has 0 radical (unpaired) electrons. The Kier molecular flexibility index (Phi) is 2.14. The van der Waals surface area contributed by atoms with Crippen LogP contribution in [-0.4, -0.2) is 40.9 Å². The van der Waals surface area contributed by atoms with Gasteiger partial charge in [-0.3, -0.25) is 4.79 Å². The molecule has 0 aliphatic rings. The Bertz CT molecular complexity index is 437. The number of rotatable bonds is 3. The maximum absolute atomic E-state index is 10.4. The van der Waals surface area contributed by atoms with Crippen molar-refractivity contribution in [1.29, 1.82) is 0 Å². The fourth-order valence-electron chi connectivity index (χ4n) is 0.885. The average molecular weight is 212 g/mol. The first-order valence-corrected chi connectivity index (χ1v) is 4.36. The van der Waals surface area contributed by atoms with Gasteiger partial charge in [-0.05, 0) is 22.0 Å². The van der Waals surface area contributed by atoms with Gasteiger partial charge < -0.3 is 5.11 Å². The molecule has 0 saturated carbocycles. The predicted molar refractivity (Wildman–Crippen MR) is 44.4 cm³/mol. The minimum atomic E-state index is -1.01. The fraction of sp³-hybridized carbons (Fsp3) is 0.200. The Morgan fingerprint density at radius 1 is 1.57 bits per heavy atom. The van der Waals surface area contributed by atoms with E-state index in [0.717, 1.165) is 16.2 Å². The Balaban J connectivity index is 2.35. The van der Waals surface area contributed by atoms with Gasteiger partial charge in [0, 0.05) is 5.38 Å². The molecular formula is C5H4N6O2S. The van der Waals surface area contributed by atoms with E-state index in [0.29, 0.717) is 11.5 Å². The number of aromatic nitrogens is 6. The zero-order valence-corrected chi connectivity index (χ0v) is 7.55. The van der Waals surface area contributed by atoms with Crippen molar-refractivity contribution in [2.75, 3.05) is 0 Å². The molecule has 8 nitrogen and oxygen atoms in total. The standard InChI is InChI=1S/C5H4N6O2S/c12-4(13)1-11-5(7-8-9-11)3-2-14-10-6-3/h2H,1H2,(H,12,13). The molecule has 2 heterocycles. The number of carboxylic acids is 1. The Labute approximate surface area is 81.3 Å². The van der Waals surface area contributed by atoms with E-state index < -0.39 is 5.97 Å². The van der Waals surface area contributed by atoms with Gasteiger partial charge in [-0.25, -0.2) is 4.68 Å². The summed E-state index contributed by atoms with van der Waals surface area (Å²) < 4.78 is 4.79. The first kappa shape index (κ1) is 8.69. The van der Waals surface area contributed by atoms with Gasteiger partial charge in [-0.2, -0.15) is 0 Å². The predicted octanol–water partition coefficient (Wildman–Crippen LogP) is -0.724. The highest BCUT2D eigenvalue weighted by molar-refractivity contribution is 7.03. The van der Waals surface area contributed by atoms with Gasteiger partial charge in [0.25, 0.3) is 0 Å². The van der Waals surface area contributed by atoms with Crippen molar-refractivity contribution >= 4 is 17.5 Å². The molecule has 2 rings (SSSR count). The molecule has 1 N–H and O–H groups in total. The van der Waals surface area contributed by atoms with Crippen LogP contribution in [0.5, 0.6) is 0 Å². The van der Waals surface area contributed by atoms with Crippen LogP contribution in [0.1, 0.15) is 0 Å². The lowest BCUT2D eigenvalue weighted by Crippen LogP contribution is -2.11. The fourth-order valence-corrected chi connectivity index (χ4v) is 1.32. The molecule has 2 aromatic rings. The third kappa shape index (κ3) is 1.57. The molecule has 0 bridgehead atoms. The molecule has 0 aliphatic carbocycles. The van der Waals surface area contributed by atoms with Gasteiger partial charge in [0.1, 0.15) is 12.2 Å². The zero-order valence-electron chi connectivity index (χ0n) is 6.73. The number of nitrogens with zero attached hydrogens (tertiary/aromatic N) is 6. The summed E-state index contributed by atoms with van der Waals surface area (Å²) in [6.07, 6.45) is 0. The third-order valence-electron chi connectivity index (χ3n) is 1.41. The third-order valence-corrected chi connectivity index (χ3v) is 1.91. The van der Waals surface area contributed by atoms with Crippen LogP contribution in [0.25, 0.3) is 11.5 Å². The normalized spacial score (nSPS) is 10.3. The molecular weight excluding hydrogens is 208 g/mol. The van der Waals surface area contributed by atoms with Crippen LogP contribution in [0.3, 0.4) is 0 Å². The molecule has 0 amide bonds. The van der Waals surface area contributed by atoms with E-state index in [1.165, 1.54) is 0 Å². The molecule has 0 aliphatic heterocycles. The summed E-state index contributed by atoms with van der Waals surface area (Å²) in [6, 6.07) is 0. The van der Waals surface area contributed by atoms with Gasteiger partial charge in [0.2, 0.25) is 5.82 Å². The topological polar surface area (TPSA) is 107 Å². The van der Waals surface area contributed by atoms with Crippen molar-refractivity contribution < 1.29 is 9.90 Å². The van der Waals surface area contributed by atoms with E-state index in [2.05, 4.69) is 25.1 Å². The highest BCUT2D eigenvalue weighted by Crippen LogP contribution is 2.12. The first-order valence-electron chi connectivity index (χ1n) is 3.53. The van der Waals surface area contributed by atoms with Crippen molar-refractivity contribution in [2.45, 2.75) is 6.54 Å². The van der Waals surface area contributed by atoms with Crippen LogP contribution in [0.4, 0.5) is 0 Å². The van der Waals surface area contributed by atoms with Gasteiger partial charge in [0.05, 0.1) is 0 Å². The lowest BCUT2D eigenvalue weighted by atomic mass is 10.4. The smallest absolute Gasteiger partial charge is 0.325 e. The maximum Gasteiger partial charge on any atom is 0.325 e. The lowest BCUT2D eigenvalue weighted by Gasteiger charge is -1.96. The summed E-state index contributed by atoms with van der Waals surface area (Å²) in [4.78, 5) is 10.4. The van der Waals surface area contributed by atoms with E-state index in [-0.39, 0.29) is 6.54 Å². The van der Waals surface area contributed by atoms with Crippen molar-refractivity contribution in [3.8, 4) is 11.5 Å². The van der Waals surface area contributed by atoms with Crippen LogP contribution in [-0.2, 0) is 11.3 Å². The van der Waals surface area contributed by atoms with E-state index >= 15 is 0 Å². The Hall–Kier alpha value is -1.90. The molecule has 0 aromatic carbocycles. The number of carboxylic acid groups (broad SMARTS) is 1. The molecule has 0 saturated heterocycles. The molecule has 14 heavy (non-hydrogen) atoms. The van der Waals surface area contributed by atoms with Gasteiger partial charge in [-0.15, -0.1) is 10.2 Å². The van der Waals surface area contributed by atoms with Crippen molar-refractivity contribution in [3.05, 3.63) is 5.38 Å². The van der Waals surface area contributed by atoms with E-state index in [1.54, 1.807) is 5.38 Å². The quantitative estimate of drug-likeness (QED) is 0.715. The monoisotopic (exact) mass is 212 g/mol. The molecule has 0 unspecified atom stereocenters. The van der Waals surface area contributed by atoms with Crippen LogP contribution in [0, 0.1) is 0 Å². The molecule has 0 spiro atoms. The highest BCUT2D eigenvalue weighted by atomic mass is 32.1. The van der Waals surface area contributed by atoms with Crippen molar-refractivity contribution in [3.63, 3.8) is 0 Å². The van der Waals surface area contributed by atoms with E-state index in [1.807, 2.05) is 0 Å². The molecule has 9 heteroatoms. The number of tetrazole rings is 1. The lowest BCUT2D eigenvalue weighted by molar-refractivity contribution is -0.137. The SMILES string of the molecule is O=C(O)Cn1nnnc1-c1csnn1. The summed E-state index contributed by atoms with van der Waals surface area (Å²) in [6.45, 7) is -0.292. The molecule has 2 aromatic heterocycles. The molecule has 72 valence electrons.